The predicted octanol–water partition coefficient (Wildman–Crippen LogP) is 1.77. The normalized spacial score (nSPS) is 15.3. The zero-order valence-electron chi connectivity index (χ0n) is 10.3. The van der Waals surface area contributed by atoms with Crippen LogP contribution in [-0.2, 0) is 0 Å². The van der Waals surface area contributed by atoms with E-state index in [1.807, 2.05) is 0 Å². The van der Waals surface area contributed by atoms with Crippen molar-refractivity contribution in [3.8, 4) is 0 Å². The van der Waals surface area contributed by atoms with Gasteiger partial charge >= 0.3 is 0 Å². The molecular formula is C13H15ClFN3O. The van der Waals surface area contributed by atoms with Gasteiger partial charge in [-0.25, -0.2) is 4.39 Å². The van der Waals surface area contributed by atoms with Gasteiger partial charge in [-0.3, -0.25) is 4.79 Å². The summed E-state index contributed by atoms with van der Waals surface area (Å²) in [4.78, 5) is 17.0. The number of rotatable bonds is 1. The number of carbonyl (C=O) groups excluding carboxylic acids is 1. The Morgan fingerprint density at radius 1 is 1.26 bits per heavy atom. The number of nitrogens with zero attached hydrogens (tertiary/aromatic N) is 1. The Morgan fingerprint density at radius 2 is 2.00 bits per heavy atom. The van der Waals surface area contributed by atoms with E-state index in [9.17, 15) is 9.18 Å². The van der Waals surface area contributed by atoms with Gasteiger partial charge in [0, 0.05) is 37.1 Å². The zero-order chi connectivity index (χ0) is 12.5. The van der Waals surface area contributed by atoms with Crippen LogP contribution in [0.25, 0.3) is 10.9 Å². The molecule has 0 atom stereocenters. The summed E-state index contributed by atoms with van der Waals surface area (Å²) >= 11 is 0. The summed E-state index contributed by atoms with van der Waals surface area (Å²) < 4.78 is 13.6. The number of aromatic nitrogens is 1. The number of carbonyl (C=O) groups is 1. The molecule has 0 spiro atoms. The molecule has 0 saturated carbocycles. The number of hydrogen-bond acceptors (Lipinski definition) is 2. The molecule has 3 rings (SSSR count). The Kier molecular flexibility index (Phi) is 4.07. The average Bonchev–Trinajstić information content (AvgIpc) is 2.84. The van der Waals surface area contributed by atoms with Crippen LogP contribution in [0.3, 0.4) is 0 Å². The first-order valence-electron chi connectivity index (χ1n) is 6.03. The molecule has 1 aromatic heterocycles. The monoisotopic (exact) mass is 283 g/mol. The highest BCUT2D eigenvalue weighted by Crippen LogP contribution is 2.19. The van der Waals surface area contributed by atoms with Gasteiger partial charge in [0.2, 0.25) is 0 Å². The first-order valence-corrected chi connectivity index (χ1v) is 6.03. The lowest BCUT2D eigenvalue weighted by Crippen LogP contribution is -2.46. The summed E-state index contributed by atoms with van der Waals surface area (Å²) in [5, 5.41) is 3.66. The maximum absolute atomic E-state index is 13.6. The number of halogens is 2. The van der Waals surface area contributed by atoms with Crippen molar-refractivity contribution in [2.45, 2.75) is 0 Å². The lowest BCUT2D eigenvalue weighted by atomic mass is 10.2. The Morgan fingerprint density at radius 3 is 2.68 bits per heavy atom. The SMILES string of the molecule is Cl.O=C(c1cc2c(F)cccc2[nH]1)N1CCNCC1. The van der Waals surface area contributed by atoms with Gasteiger partial charge < -0.3 is 15.2 Å². The van der Waals surface area contributed by atoms with Crippen LogP contribution < -0.4 is 5.32 Å². The number of H-pyrrole nitrogens is 1. The molecule has 4 nitrogen and oxygen atoms in total. The van der Waals surface area contributed by atoms with E-state index in [0.29, 0.717) is 29.7 Å². The van der Waals surface area contributed by atoms with Crippen molar-refractivity contribution in [3.05, 3.63) is 35.8 Å². The summed E-state index contributed by atoms with van der Waals surface area (Å²) in [5.41, 5.74) is 1.12. The van der Waals surface area contributed by atoms with Gasteiger partial charge in [0.1, 0.15) is 11.5 Å². The van der Waals surface area contributed by atoms with Gasteiger partial charge in [0.05, 0.1) is 0 Å². The van der Waals surface area contributed by atoms with Crippen molar-refractivity contribution in [1.29, 1.82) is 0 Å². The number of nitrogens with one attached hydrogen (secondary N) is 2. The summed E-state index contributed by atoms with van der Waals surface area (Å²) in [6.45, 7) is 2.99. The van der Waals surface area contributed by atoms with Crippen molar-refractivity contribution in [3.63, 3.8) is 0 Å². The van der Waals surface area contributed by atoms with Crippen LogP contribution in [0.2, 0.25) is 0 Å². The van der Waals surface area contributed by atoms with Crippen molar-refractivity contribution in [2.24, 2.45) is 0 Å². The van der Waals surface area contributed by atoms with Crippen LogP contribution in [0.1, 0.15) is 10.5 Å². The second-order valence-corrected chi connectivity index (χ2v) is 4.43. The largest absolute Gasteiger partial charge is 0.350 e. The predicted molar refractivity (Wildman–Crippen MR) is 74.3 cm³/mol. The van der Waals surface area contributed by atoms with E-state index in [0.717, 1.165) is 13.1 Å². The Hall–Kier alpha value is -1.59. The fourth-order valence-corrected chi connectivity index (χ4v) is 2.27. The number of piperazine rings is 1. The fraction of sp³-hybridized carbons (Fsp3) is 0.308. The first kappa shape index (κ1) is 13.8. The average molecular weight is 284 g/mol. The van der Waals surface area contributed by atoms with E-state index in [2.05, 4.69) is 10.3 Å². The minimum Gasteiger partial charge on any atom is -0.350 e. The molecule has 2 N–H and O–H groups in total. The lowest BCUT2D eigenvalue weighted by molar-refractivity contribution is 0.0731. The van der Waals surface area contributed by atoms with E-state index in [1.165, 1.54) is 6.07 Å². The quantitative estimate of drug-likeness (QED) is 0.838. The van der Waals surface area contributed by atoms with E-state index < -0.39 is 0 Å². The van der Waals surface area contributed by atoms with Crippen LogP contribution >= 0.6 is 12.4 Å². The molecule has 0 aliphatic carbocycles. The molecule has 2 heterocycles. The number of amides is 1. The second kappa shape index (κ2) is 5.59. The maximum atomic E-state index is 13.6. The molecular weight excluding hydrogens is 269 g/mol. The highest BCUT2D eigenvalue weighted by molar-refractivity contribution is 5.98. The number of aromatic amines is 1. The van der Waals surface area contributed by atoms with Crippen molar-refractivity contribution in [2.75, 3.05) is 26.2 Å². The van der Waals surface area contributed by atoms with Gasteiger partial charge in [-0.1, -0.05) is 6.07 Å². The Labute approximate surface area is 116 Å². The molecule has 0 unspecified atom stereocenters. The first-order chi connectivity index (χ1) is 8.75. The summed E-state index contributed by atoms with van der Waals surface area (Å²) in [7, 11) is 0. The molecule has 1 saturated heterocycles. The molecule has 102 valence electrons. The van der Waals surface area contributed by atoms with E-state index >= 15 is 0 Å². The van der Waals surface area contributed by atoms with Gasteiger partial charge in [-0.2, -0.15) is 0 Å². The number of hydrogen-bond donors (Lipinski definition) is 2. The minimum atomic E-state index is -0.303. The molecule has 1 aliphatic rings. The van der Waals surface area contributed by atoms with E-state index in [1.54, 1.807) is 23.1 Å². The minimum absolute atomic E-state index is 0. The van der Waals surface area contributed by atoms with Gasteiger partial charge in [0.15, 0.2) is 0 Å². The van der Waals surface area contributed by atoms with Gasteiger partial charge in [0.25, 0.3) is 5.91 Å². The Bertz CT molecular complexity index is 593. The highest BCUT2D eigenvalue weighted by Gasteiger charge is 2.20. The smallest absolute Gasteiger partial charge is 0.270 e. The lowest BCUT2D eigenvalue weighted by Gasteiger charge is -2.26. The van der Waals surface area contributed by atoms with Crippen LogP contribution in [-0.4, -0.2) is 42.0 Å². The summed E-state index contributed by atoms with van der Waals surface area (Å²) in [5.74, 6) is -0.366. The van der Waals surface area contributed by atoms with Crippen LogP contribution in [0, 0.1) is 5.82 Å². The third kappa shape index (κ3) is 2.57. The molecule has 0 bridgehead atoms. The fourth-order valence-electron chi connectivity index (χ4n) is 2.27. The molecule has 1 amide bonds. The van der Waals surface area contributed by atoms with E-state index in [-0.39, 0.29) is 24.1 Å². The summed E-state index contributed by atoms with van der Waals surface area (Å²) in [6, 6.07) is 6.39. The van der Waals surface area contributed by atoms with Crippen molar-refractivity contribution in [1.82, 2.24) is 15.2 Å². The van der Waals surface area contributed by atoms with Gasteiger partial charge in [-0.15, -0.1) is 12.4 Å². The van der Waals surface area contributed by atoms with Gasteiger partial charge in [-0.05, 0) is 18.2 Å². The molecule has 0 radical (unpaired) electrons. The van der Waals surface area contributed by atoms with E-state index in [4.69, 9.17) is 0 Å². The topological polar surface area (TPSA) is 48.1 Å². The standard InChI is InChI=1S/C13H14FN3O.ClH/c14-10-2-1-3-11-9(10)8-12(16-11)13(18)17-6-4-15-5-7-17;/h1-3,8,15-16H,4-7H2;1H. The van der Waals surface area contributed by atoms with Crippen molar-refractivity contribution < 1.29 is 9.18 Å². The van der Waals surface area contributed by atoms with Crippen molar-refractivity contribution >= 4 is 29.2 Å². The molecule has 2 aromatic rings. The summed E-state index contributed by atoms with van der Waals surface area (Å²) in [6.07, 6.45) is 0. The number of fused-ring (bicyclic) bond motifs is 1. The van der Waals surface area contributed by atoms with Crippen LogP contribution in [0.15, 0.2) is 24.3 Å². The zero-order valence-corrected chi connectivity index (χ0v) is 11.1. The second-order valence-electron chi connectivity index (χ2n) is 4.43. The Balaban J connectivity index is 0.00000133. The third-order valence-electron chi connectivity index (χ3n) is 3.25. The molecule has 19 heavy (non-hydrogen) atoms. The molecule has 6 heteroatoms. The highest BCUT2D eigenvalue weighted by atomic mass is 35.5. The molecule has 1 fully saturated rings. The number of benzene rings is 1. The molecule has 1 aromatic carbocycles. The molecule has 1 aliphatic heterocycles. The van der Waals surface area contributed by atoms with Crippen LogP contribution in [0.5, 0.6) is 0 Å². The van der Waals surface area contributed by atoms with Crippen LogP contribution in [0.4, 0.5) is 4.39 Å². The maximum Gasteiger partial charge on any atom is 0.270 e. The third-order valence-corrected chi connectivity index (χ3v) is 3.25.